The highest BCUT2D eigenvalue weighted by atomic mass is 16.5. The molecule has 0 aliphatic carbocycles. The number of hydrogen-bond acceptors (Lipinski definition) is 3. The minimum absolute atomic E-state index is 0.0469. The van der Waals surface area contributed by atoms with Crippen molar-refractivity contribution in [3.05, 3.63) is 24.3 Å². The van der Waals surface area contributed by atoms with Crippen LogP contribution in [0, 0.1) is 5.92 Å². The average Bonchev–Trinajstić information content (AvgIpc) is 2.34. The standard InChI is InChI=1S/C14H23NO2/c1-4-14(11(2)3)15-12-5-7-13(8-6-12)17-10-9-16/h5-8,11,14-16H,4,9-10H2,1-3H3. The molecule has 0 saturated heterocycles. The van der Waals surface area contributed by atoms with Crippen LogP contribution < -0.4 is 10.1 Å². The Labute approximate surface area is 104 Å². The van der Waals surface area contributed by atoms with Gasteiger partial charge in [0, 0.05) is 11.7 Å². The monoisotopic (exact) mass is 237 g/mol. The van der Waals surface area contributed by atoms with E-state index in [0.717, 1.165) is 17.9 Å². The van der Waals surface area contributed by atoms with Gasteiger partial charge in [-0.2, -0.15) is 0 Å². The minimum atomic E-state index is 0.0469. The molecule has 0 amide bonds. The van der Waals surface area contributed by atoms with Crippen LogP contribution in [-0.4, -0.2) is 24.4 Å². The lowest BCUT2D eigenvalue weighted by Crippen LogP contribution is -2.24. The molecule has 3 nitrogen and oxygen atoms in total. The fourth-order valence-corrected chi connectivity index (χ4v) is 1.77. The van der Waals surface area contributed by atoms with Crippen molar-refractivity contribution in [3.8, 4) is 5.75 Å². The zero-order chi connectivity index (χ0) is 12.7. The van der Waals surface area contributed by atoms with Gasteiger partial charge in [0.05, 0.1) is 6.61 Å². The maximum Gasteiger partial charge on any atom is 0.119 e. The third-order valence-electron chi connectivity index (χ3n) is 2.81. The lowest BCUT2D eigenvalue weighted by atomic mass is 10.0. The molecule has 1 aromatic rings. The van der Waals surface area contributed by atoms with Gasteiger partial charge in [-0.05, 0) is 36.6 Å². The quantitative estimate of drug-likeness (QED) is 0.766. The maximum atomic E-state index is 8.66. The zero-order valence-electron chi connectivity index (χ0n) is 10.9. The summed E-state index contributed by atoms with van der Waals surface area (Å²) in [4.78, 5) is 0. The second-order valence-corrected chi connectivity index (χ2v) is 4.50. The van der Waals surface area contributed by atoms with E-state index in [4.69, 9.17) is 9.84 Å². The molecule has 1 atom stereocenters. The van der Waals surface area contributed by atoms with E-state index in [1.807, 2.05) is 24.3 Å². The van der Waals surface area contributed by atoms with Gasteiger partial charge in [0.1, 0.15) is 12.4 Å². The lowest BCUT2D eigenvalue weighted by molar-refractivity contribution is 0.201. The summed E-state index contributed by atoms with van der Waals surface area (Å²) in [6, 6.07) is 8.37. The first-order valence-electron chi connectivity index (χ1n) is 6.27. The molecule has 0 aromatic heterocycles. The first-order chi connectivity index (χ1) is 8.17. The Morgan fingerprint density at radius 2 is 1.88 bits per heavy atom. The van der Waals surface area contributed by atoms with E-state index in [2.05, 4.69) is 26.1 Å². The van der Waals surface area contributed by atoms with Crippen molar-refractivity contribution in [2.45, 2.75) is 33.2 Å². The summed E-state index contributed by atoms with van der Waals surface area (Å²) in [5.41, 5.74) is 1.11. The summed E-state index contributed by atoms with van der Waals surface area (Å²) >= 11 is 0. The molecule has 0 saturated carbocycles. The Morgan fingerprint density at radius 3 is 2.35 bits per heavy atom. The third-order valence-corrected chi connectivity index (χ3v) is 2.81. The van der Waals surface area contributed by atoms with E-state index in [0.29, 0.717) is 18.6 Å². The van der Waals surface area contributed by atoms with Crippen molar-refractivity contribution in [1.82, 2.24) is 0 Å². The number of nitrogens with one attached hydrogen (secondary N) is 1. The van der Waals surface area contributed by atoms with Gasteiger partial charge in [0.2, 0.25) is 0 Å². The molecule has 1 unspecified atom stereocenters. The van der Waals surface area contributed by atoms with Crippen LogP contribution in [0.3, 0.4) is 0 Å². The van der Waals surface area contributed by atoms with Gasteiger partial charge < -0.3 is 15.2 Å². The van der Waals surface area contributed by atoms with E-state index in [-0.39, 0.29) is 6.61 Å². The summed E-state index contributed by atoms with van der Waals surface area (Å²) < 4.78 is 5.31. The Bertz CT molecular complexity index is 309. The Morgan fingerprint density at radius 1 is 1.24 bits per heavy atom. The first-order valence-corrected chi connectivity index (χ1v) is 6.27. The highest BCUT2D eigenvalue weighted by Gasteiger charge is 2.10. The van der Waals surface area contributed by atoms with Crippen molar-refractivity contribution < 1.29 is 9.84 Å². The van der Waals surface area contributed by atoms with Crippen molar-refractivity contribution in [2.75, 3.05) is 18.5 Å². The molecular formula is C14H23NO2. The zero-order valence-corrected chi connectivity index (χ0v) is 10.9. The Kier molecular flexibility index (Phi) is 5.84. The topological polar surface area (TPSA) is 41.5 Å². The molecule has 2 N–H and O–H groups in total. The van der Waals surface area contributed by atoms with Crippen LogP contribution in [0.2, 0.25) is 0 Å². The first kappa shape index (κ1) is 13.8. The molecule has 0 aliphatic rings. The van der Waals surface area contributed by atoms with Crippen molar-refractivity contribution in [3.63, 3.8) is 0 Å². The predicted octanol–water partition coefficient (Wildman–Crippen LogP) is 2.90. The predicted molar refractivity (Wildman–Crippen MR) is 71.6 cm³/mol. The fraction of sp³-hybridized carbons (Fsp3) is 0.571. The fourth-order valence-electron chi connectivity index (χ4n) is 1.77. The van der Waals surface area contributed by atoms with Gasteiger partial charge >= 0.3 is 0 Å². The van der Waals surface area contributed by atoms with Gasteiger partial charge in [-0.1, -0.05) is 20.8 Å². The van der Waals surface area contributed by atoms with Gasteiger partial charge in [-0.15, -0.1) is 0 Å². The van der Waals surface area contributed by atoms with E-state index < -0.39 is 0 Å². The van der Waals surface area contributed by atoms with Crippen LogP contribution >= 0.6 is 0 Å². The molecule has 0 bridgehead atoms. The summed E-state index contributed by atoms with van der Waals surface area (Å²) in [5.74, 6) is 1.41. The molecule has 1 aromatic carbocycles. The number of anilines is 1. The largest absolute Gasteiger partial charge is 0.491 e. The van der Waals surface area contributed by atoms with Gasteiger partial charge in [-0.3, -0.25) is 0 Å². The van der Waals surface area contributed by atoms with Crippen molar-refractivity contribution in [1.29, 1.82) is 0 Å². The van der Waals surface area contributed by atoms with Gasteiger partial charge in [0.15, 0.2) is 0 Å². The normalized spacial score (nSPS) is 12.5. The van der Waals surface area contributed by atoms with Crippen LogP contribution in [0.1, 0.15) is 27.2 Å². The van der Waals surface area contributed by atoms with E-state index in [1.165, 1.54) is 0 Å². The molecule has 0 aliphatic heterocycles. The molecular weight excluding hydrogens is 214 g/mol. The lowest BCUT2D eigenvalue weighted by Gasteiger charge is -2.22. The minimum Gasteiger partial charge on any atom is -0.491 e. The van der Waals surface area contributed by atoms with Crippen LogP contribution in [0.25, 0.3) is 0 Å². The third kappa shape index (κ3) is 4.65. The molecule has 0 spiro atoms. The second-order valence-electron chi connectivity index (χ2n) is 4.50. The highest BCUT2D eigenvalue weighted by molar-refractivity contribution is 5.47. The number of ether oxygens (including phenoxy) is 1. The highest BCUT2D eigenvalue weighted by Crippen LogP contribution is 2.19. The molecule has 17 heavy (non-hydrogen) atoms. The molecule has 96 valence electrons. The van der Waals surface area contributed by atoms with Gasteiger partial charge in [-0.25, -0.2) is 0 Å². The number of aliphatic hydroxyl groups is 1. The molecule has 0 fully saturated rings. The van der Waals surface area contributed by atoms with E-state index >= 15 is 0 Å². The van der Waals surface area contributed by atoms with Crippen molar-refractivity contribution in [2.24, 2.45) is 5.92 Å². The summed E-state index contributed by atoms with van der Waals surface area (Å²) in [5, 5.41) is 12.2. The SMILES string of the molecule is CCC(Nc1ccc(OCCO)cc1)C(C)C. The van der Waals surface area contributed by atoms with Crippen LogP contribution in [0.15, 0.2) is 24.3 Å². The summed E-state index contributed by atoms with van der Waals surface area (Å²) in [6.45, 7) is 7.03. The molecule has 0 heterocycles. The molecule has 1 rings (SSSR count). The van der Waals surface area contributed by atoms with E-state index in [9.17, 15) is 0 Å². The number of rotatable bonds is 7. The maximum absolute atomic E-state index is 8.66. The van der Waals surface area contributed by atoms with Gasteiger partial charge in [0.25, 0.3) is 0 Å². The second kappa shape index (κ2) is 7.17. The number of aliphatic hydroxyl groups excluding tert-OH is 1. The average molecular weight is 237 g/mol. The van der Waals surface area contributed by atoms with Crippen LogP contribution in [-0.2, 0) is 0 Å². The Balaban J connectivity index is 2.55. The molecule has 0 radical (unpaired) electrons. The van der Waals surface area contributed by atoms with E-state index in [1.54, 1.807) is 0 Å². The summed E-state index contributed by atoms with van der Waals surface area (Å²) in [6.07, 6.45) is 1.11. The smallest absolute Gasteiger partial charge is 0.119 e. The van der Waals surface area contributed by atoms with Crippen LogP contribution in [0.4, 0.5) is 5.69 Å². The van der Waals surface area contributed by atoms with Crippen molar-refractivity contribution >= 4 is 5.69 Å². The summed E-state index contributed by atoms with van der Waals surface area (Å²) in [7, 11) is 0. The number of benzene rings is 1. The number of hydrogen-bond donors (Lipinski definition) is 2. The Hall–Kier alpha value is -1.22. The molecule has 3 heteroatoms. The van der Waals surface area contributed by atoms with Crippen LogP contribution in [0.5, 0.6) is 5.75 Å².